The van der Waals surface area contributed by atoms with Crippen molar-refractivity contribution >= 4 is 7.60 Å². The van der Waals surface area contributed by atoms with Crippen LogP contribution in [-0.2, 0) is 9.09 Å². The van der Waals surface area contributed by atoms with E-state index in [0.29, 0.717) is 13.0 Å². The van der Waals surface area contributed by atoms with E-state index >= 15 is 0 Å². The van der Waals surface area contributed by atoms with Crippen LogP contribution in [0.3, 0.4) is 0 Å². The van der Waals surface area contributed by atoms with Gasteiger partial charge in [-0.2, -0.15) is 0 Å². The van der Waals surface area contributed by atoms with Crippen LogP contribution >= 0.6 is 7.60 Å². The van der Waals surface area contributed by atoms with Crippen LogP contribution in [0.1, 0.15) is 19.3 Å². The predicted octanol–water partition coefficient (Wildman–Crippen LogP) is 1.62. The summed E-state index contributed by atoms with van der Waals surface area (Å²) >= 11 is 0. The van der Waals surface area contributed by atoms with Crippen LogP contribution in [0.5, 0.6) is 0 Å². The van der Waals surface area contributed by atoms with Crippen LogP contribution in [0.25, 0.3) is 0 Å². The van der Waals surface area contributed by atoms with Gasteiger partial charge in [0.15, 0.2) is 0 Å². The fourth-order valence-corrected chi connectivity index (χ4v) is 1.03. The molecule has 0 spiro atoms. The molecule has 0 aliphatic rings. The zero-order valence-electron chi connectivity index (χ0n) is 6.62. The van der Waals surface area contributed by atoms with Crippen molar-refractivity contribution in [3.8, 4) is 12.3 Å². The number of hydrogen-bond acceptors (Lipinski definition) is 2. The highest BCUT2D eigenvalue weighted by Gasteiger charge is 2.07. The van der Waals surface area contributed by atoms with Gasteiger partial charge < -0.3 is 9.42 Å². The summed E-state index contributed by atoms with van der Waals surface area (Å²) in [5.41, 5.74) is 0. The standard InChI is InChI=1S/C7H13O3P/c1-3-4-5-6-7-10-11(2,8)9/h1H,4-7H2,2H3,(H,8,9). The van der Waals surface area contributed by atoms with Gasteiger partial charge in [-0.25, -0.2) is 0 Å². The molecule has 0 aromatic rings. The molecule has 0 aromatic heterocycles. The minimum absolute atomic E-state index is 0.311. The summed E-state index contributed by atoms with van der Waals surface area (Å²) in [6.07, 6.45) is 7.28. The fourth-order valence-electron chi connectivity index (χ4n) is 0.563. The van der Waals surface area contributed by atoms with E-state index in [9.17, 15) is 4.57 Å². The van der Waals surface area contributed by atoms with Gasteiger partial charge in [0.1, 0.15) is 0 Å². The van der Waals surface area contributed by atoms with Gasteiger partial charge >= 0.3 is 7.60 Å². The van der Waals surface area contributed by atoms with Gasteiger partial charge in [0.2, 0.25) is 0 Å². The second kappa shape index (κ2) is 5.37. The van der Waals surface area contributed by atoms with E-state index < -0.39 is 7.60 Å². The lowest BCUT2D eigenvalue weighted by Gasteiger charge is -2.04. The van der Waals surface area contributed by atoms with Crippen LogP contribution in [0.2, 0.25) is 0 Å². The third-order valence-corrected chi connectivity index (χ3v) is 1.71. The summed E-state index contributed by atoms with van der Waals surface area (Å²) in [5.74, 6) is 2.48. The summed E-state index contributed by atoms with van der Waals surface area (Å²) in [6.45, 7) is 1.49. The average molecular weight is 176 g/mol. The molecule has 0 aromatic carbocycles. The van der Waals surface area contributed by atoms with Crippen LogP contribution in [0.4, 0.5) is 0 Å². The molecule has 0 rings (SSSR count). The summed E-state index contributed by atoms with van der Waals surface area (Å²) in [6, 6.07) is 0. The minimum atomic E-state index is -3.27. The first kappa shape index (κ1) is 10.7. The molecule has 0 amide bonds. The lowest BCUT2D eigenvalue weighted by Crippen LogP contribution is -1.90. The molecule has 0 fully saturated rings. The molecular formula is C7H13O3P. The van der Waals surface area contributed by atoms with Gasteiger partial charge in [0, 0.05) is 13.1 Å². The Kier molecular flexibility index (Phi) is 5.23. The Morgan fingerprint density at radius 1 is 1.64 bits per heavy atom. The zero-order valence-corrected chi connectivity index (χ0v) is 7.51. The minimum Gasteiger partial charge on any atom is -0.324 e. The number of rotatable bonds is 5. The van der Waals surface area contributed by atoms with E-state index in [1.54, 1.807) is 0 Å². The maximum Gasteiger partial charge on any atom is 0.325 e. The van der Waals surface area contributed by atoms with Crippen molar-refractivity contribution in [2.75, 3.05) is 13.3 Å². The number of terminal acetylenes is 1. The highest BCUT2D eigenvalue weighted by molar-refractivity contribution is 7.51. The molecule has 4 heteroatoms. The van der Waals surface area contributed by atoms with E-state index in [2.05, 4.69) is 10.4 Å². The molecule has 0 aliphatic heterocycles. The van der Waals surface area contributed by atoms with Crippen LogP contribution < -0.4 is 0 Å². The lowest BCUT2D eigenvalue weighted by atomic mass is 10.2. The predicted molar refractivity (Wildman–Crippen MR) is 44.4 cm³/mol. The van der Waals surface area contributed by atoms with E-state index in [-0.39, 0.29) is 0 Å². The maximum atomic E-state index is 10.5. The molecule has 64 valence electrons. The SMILES string of the molecule is C#CCCCCOP(C)(=O)O. The topological polar surface area (TPSA) is 46.5 Å². The van der Waals surface area contributed by atoms with Crippen molar-refractivity contribution in [3.05, 3.63) is 0 Å². The van der Waals surface area contributed by atoms with Gasteiger partial charge in [0.05, 0.1) is 6.61 Å². The number of hydrogen-bond donors (Lipinski definition) is 1. The van der Waals surface area contributed by atoms with Crippen LogP contribution in [-0.4, -0.2) is 18.2 Å². The Morgan fingerprint density at radius 3 is 2.73 bits per heavy atom. The van der Waals surface area contributed by atoms with Crippen molar-refractivity contribution in [2.45, 2.75) is 19.3 Å². The molecule has 3 nitrogen and oxygen atoms in total. The molecule has 0 saturated carbocycles. The Morgan fingerprint density at radius 2 is 2.27 bits per heavy atom. The van der Waals surface area contributed by atoms with Crippen molar-refractivity contribution in [1.29, 1.82) is 0 Å². The molecular weight excluding hydrogens is 163 g/mol. The van der Waals surface area contributed by atoms with Crippen molar-refractivity contribution in [2.24, 2.45) is 0 Å². The Labute approximate surface area is 67.3 Å². The third kappa shape index (κ3) is 9.71. The maximum absolute atomic E-state index is 10.5. The second-order valence-corrected chi connectivity index (χ2v) is 4.16. The van der Waals surface area contributed by atoms with Gasteiger partial charge in [-0.1, -0.05) is 0 Å². The molecule has 11 heavy (non-hydrogen) atoms. The van der Waals surface area contributed by atoms with Crippen LogP contribution in [0, 0.1) is 12.3 Å². The molecule has 1 unspecified atom stereocenters. The Balaban J connectivity index is 3.17. The summed E-state index contributed by atoms with van der Waals surface area (Å²) in [5, 5.41) is 0. The van der Waals surface area contributed by atoms with E-state index in [1.807, 2.05) is 0 Å². The monoisotopic (exact) mass is 176 g/mol. The van der Waals surface area contributed by atoms with E-state index in [0.717, 1.165) is 12.8 Å². The van der Waals surface area contributed by atoms with Gasteiger partial charge in [-0.05, 0) is 12.8 Å². The first-order valence-corrected chi connectivity index (χ1v) is 5.47. The molecule has 0 saturated heterocycles. The van der Waals surface area contributed by atoms with Crippen molar-refractivity contribution < 1.29 is 14.0 Å². The molecule has 1 N–H and O–H groups in total. The largest absolute Gasteiger partial charge is 0.325 e. The molecule has 0 aliphatic carbocycles. The van der Waals surface area contributed by atoms with Gasteiger partial charge in [0.25, 0.3) is 0 Å². The van der Waals surface area contributed by atoms with Crippen molar-refractivity contribution in [1.82, 2.24) is 0 Å². The highest BCUT2D eigenvalue weighted by atomic mass is 31.2. The Hall–Kier alpha value is -0.290. The summed E-state index contributed by atoms with van der Waals surface area (Å²) in [7, 11) is -3.27. The molecule has 1 atom stereocenters. The van der Waals surface area contributed by atoms with Crippen LogP contribution in [0.15, 0.2) is 0 Å². The molecule has 0 heterocycles. The zero-order chi connectivity index (χ0) is 8.74. The Bertz CT molecular complexity index is 177. The number of unbranched alkanes of at least 4 members (excludes halogenated alkanes) is 2. The lowest BCUT2D eigenvalue weighted by molar-refractivity contribution is 0.259. The second-order valence-electron chi connectivity index (χ2n) is 2.30. The van der Waals surface area contributed by atoms with E-state index in [1.165, 1.54) is 6.66 Å². The van der Waals surface area contributed by atoms with E-state index in [4.69, 9.17) is 11.3 Å². The average Bonchev–Trinajstić information content (AvgIpc) is 1.85. The van der Waals surface area contributed by atoms with Crippen molar-refractivity contribution in [3.63, 3.8) is 0 Å². The third-order valence-electron chi connectivity index (χ3n) is 1.05. The normalized spacial score (nSPS) is 15.4. The first-order chi connectivity index (χ1) is 5.06. The summed E-state index contributed by atoms with van der Waals surface area (Å²) in [4.78, 5) is 8.67. The summed E-state index contributed by atoms with van der Waals surface area (Å²) < 4.78 is 15.2. The van der Waals surface area contributed by atoms with Gasteiger partial charge in [-0.15, -0.1) is 12.3 Å². The highest BCUT2D eigenvalue weighted by Crippen LogP contribution is 2.36. The molecule has 0 radical (unpaired) electrons. The quantitative estimate of drug-likeness (QED) is 0.393. The smallest absolute Gasteiger partial charge is 0.324 e. The molecule has 0 bridgehead atoms. The fraction of sp³-hybridized carbons (Fsp3) is 0.714. The first-order valence-electron chi connectivity index (χ1n) is 3.44. The van der Waals surface area contributed by atoms with Gasteiger partial charge in [-0.3, -0.25) is 4.57 Å².